The maximum absolute atomic E-state index is 13.4. The first-order valence-electron chi connectivity index (χ1n) is 5.19. The summed E-state index contributed by atoms with van der Waals surface area (Å²) in [5, 5.41) is 0. The lowest BCUT2D eigenvalue weighted by atomic mass is 10.4. The molecule has 2 aromatic rings. The Bertz CT molecular complexity index is 585. The number of rotatable bonds is 4. The Morgan fingerprint density at radius 1 is 0.842 bits per heavy atom. The van der Waals surface area contributed by atoms with Gasteiger partial charge in [0.05, 0.1) is 9.79 Å². The van der Waals surface area contributed by atoms with Crippen molar-refractivity contribution < 1.29 is 18.2 Å². The molecule has 0 heterocycles. The molecule has 0 atom stereocenters. The van der Waals surface area contributed by atoms with E-state index in [1.807, 2.05) is 0 Å². The molecule has 0 amide bonds. The number of hydrogen-bond acceptors (Lipinski definition) is 3. The Morgan fingerprint density at radius 3 is 1.58 bits per heavy atom. The molecule has 0 aliphatic heterocycles. The molecule has 100 valence electrons. The fourth-order valence-corrected chi connectivity index (χ4v) is 6.70. The predicted molar refractivity (Wildman–Crippen MR) is 74.3 cm³/mol. The third-order valence-corrected chi connectivity index (χ3v) is 7.52. The molecular formula is C12H9F2O2PS2. The van der Waals surface area contributed by atoms with Crippen LogP contribution < -0.4 is 0 Å². The molecule has 0 radical (unpaired) electrons. The van der Waals surface area contributed by atoms with E-state index in [1.165, 1.54) is 36.4 Å². The molecule has 0 aromatic heterocycles. The van der Waals surface area contributed by atoms with Crippen molar-refractivity contribution in [3.8, 4) is 0 Å². The van der Waals surface area contributed by atoms with Gasteiger partial charge in [-0.25, -0.2) is 8.78 Å². The first-order valence-corrected chi connectivity index (χ1v) is 9.69. The van der Waals surface area contributed by atoms with Gasteiger partial charge >= 0.3 is 5.77 Å². The molecule has 0 spiro atoms. The molecule has 2 rings (SSSR count). The number of hydrogen-bond donors (Lipinski definition) is 1. The zero-order chi connectivity index (χ0) is 13.9. The van der Waals surface area contributed by atoms with Crippen LogP contribution in [0, 0.1) is 11.6 Å². The van der Waals surface area contributed by atoms with Crippen molar-refractivity contribution in [1.82, 2.24) is 0 Å². The summed E-state index contributed by atoms with van der Waals surface area (Å²) < 4.78 is 38.8. The van der Waals surface area contributed by atoms with Crippen molar-refractivity contribution in [3.05, 3.63) is 60.2 Å². The zero-order valence-corrected chi connectivity index (χ0v) is 12.0. The predicted octanol–water partition coefficient (Wildman–Crippen LogP) is 4.95. The van der Waals surface area contributed by atoms with Gasteiger partial charge in [-0.15, -0.1) is 0 Å². The lowest BCUT2D eigenvalue weighted by Gasteiger charge is -2.10. The van der Waals surface area contributed by atoms with Crippen LogP contribution in [0.15, 0.2) is 58.3 Å². The van der Waals surface area contributed by atoms with Crippen LogP contribution in [-0.2, 0) is 4.57 Å². The van der Waals surface area contributed by atoms with Crippen molar-refractivity contribution in [3.63, 3.8) is 0 Å². The fourth-order valence-electron chi connectivity index (χ4n) is 1.30. The Kier molecular flexibility index (Phi) is 4.68. The van der Waals surface area contributed by atoms with Gasteiger partial charge in [0.25, 0.3) is 0 Å². The van der Waals surface area contributed by atoms with Crippen molar-refractivity contribution >= 4 is 28.5 Å². The minimum absolute atomic E-state index is 0.0668. The quantitative estimate of drug-likeness (QED) is 0.809. The summed E-state index contributed by atoms with van der Waals surface area (Å²) in [6.07, 6.45) is 0. The van der Waals surface area contributed by atoms with Gasteiger partial charge < -0.3 is 4.89 Å². The standard InChI is InChI=1S/C12H9F2O2PS2/c13-9-5-1-3-7-11(9)18-17(15,16)19-12-8-4-2-6-10(12)14/h1-8H,(H,15,16). The lowest BCUT2D eigenvalue weighted by molar-refractivity contribution is 0.513. The van der Waals surface area contributed by atoms with Crippen molar-refractivity contribution in [2.24, 2.45) is 0 Å². The van der Waals surface area contributed by atoms with Crippen LogP contribution in [0.25, 0.3) is 0 Å². The van der Waals surface area contributed by atoms with E-state index in [4.69, 9.17) is 0 Å². The monoisotopic (exact) mass is 318 g/mol. The van der Waals surface area contributed by atoms with Crippen LogP contribution in [-0.4, -0.2) is 4.89 Å². The second-order valence-corrected chi connectivity index (χ2v) is 10.5. The van der Waals surface area contributed by atoms with Crippen LogP contribution in [0.5, 0.6) is 0 Å². The summed E-state index contributed by atoms with van der Waals surface area (Å²) >= 11 is 1.02. The van der Waals surface area contributed by atoms with Crippen LogP contribution in [0.1, 0.15) is 0 Å². The van der Waals surface area contributed by atoms with Crippen LogP contribution in [0.2, 0.25) is 0 Å². The molecule has 0 saturated carbocycles. The van der Waals surface area contributed by atoms with Gasteiger partial charge in [-0.3, -0.25) is 4.57 Å². The summed E-state index contributed by atoms with van der Waals surface area (Å²) in [7, 11) is 0. The maximum Gasteiger partial charge on any atom is 0.320 e. The molecule has 2 nitrogen and oxygen atoms in total. The average Bonchev–Trinajstić information content (AvgIpc) is 2.35. The van der Waals surface area contributed by atoms with Gasteiger partial charge in [0.15, 0.2) is 0 Å². The smallest absolute Gasteiger partial charge is 0.320 e. The van der Waals surface area contributed by atoms with Crippen LogP contribution in [0.3, 0.4) is 0 Å². The molecule has 0 saturated heterocycles. The molecule has 7 heteroatoms. The summed E-state index contributed by atoms with van der Waals surface area (Å²) in [6.45, 7) is 0. The zero-order valence-electron chi connectivity index (χ0n) is 9.49. The SMILES string of the molecule is O=P(O)(Sc1ccccc1F)Sc1ccccc1F. The number of halogens is 2. The van der Waals surface area contributed by atoms with Crippen molar-refractivity contribution in [2.45, 2.75) is 9.79 Å². The molecule has 2 aromatic carbocycles. The Morgan fingerprint density at radius 2 is 1.21 bits per heavy atom. The Labute approximate surface area is 117 Å². The first kappa shape index (κ1) is 14.6. The van der Waals surface area contributed by atoms with E-state index in [2.05, 4.69) is 0 Å². The van der Waals surface area contributed by atoms with Gasteiger partial charge in [0.2, 0.25) is 0 Å². The Balaban J connectivity index is 2.18. The molecule has 0 bridgehead atoms. The number of benzene rings is 2. The van der Waals surface area contributed by atoms with Gasteiger partial charge in [0.1, 0.15) is 11.6 Å². The largest absolute Gasteiger partial charge is 0.329 e. The Hall–Kier alpha value is -0.810. The maximum atomic E-state index is 13.4. The molecule has 0 aliphatic carbocycles. The summed E-state index contributed by atoms with van der Waals surface area (Å²) in [6, 6.07) is 11.3. The van der Waals surface area contributed by atoms with Gasteiger partial charge in [0, 0.05) is 0 Å². The normalized spacial score (nSPS) is 11.5. The van der Waals surface area contributed by atoms with E-state index in [-0.39, 0.29) is 9.79 Å². The van der Waals surface area contributed by atoms with Gasteiger partial charge in [-0.2, -0.15) is 0 Å². The molecular weight excluding hydrogens is 309 g/mol. The highest BCUT2D eigenvalue weighted by atomic mass is 33.1. The fraction of sp³-hybridized carbons (Fsp3) is 0. The minimum Gasteiger partial charge on any atom is -0.329 e. The van der Waals surface area contributed by atoms with Crippen molar-refractivity contribution in [2.75, 3.05) is 0 Å². The highest BCUT2D eigenvalue weighted by Crippen LogP contribution is 2.70. The highest BCUT2D eigenvalue weighted by Gasteiger charge is 2.25. The van der Waals surface area contributed by atoms with Crippen LogP contribution >= 0.6 is 28.5 Å². The third-order valence-electron chi connectivity index (χ3n) is 2.10. The molecule has 0 fully saturated rings. The van der Waals surface area contributed by atoms with Crippen molar-refractivity contribution in [1.29, 1.82) is 0 Å². The van der Waals surface area contributed by atoms with E-state index in [9.17, 15) is 18.2 Å². The second-order valence-electron chi connectivity index (χ2n) is 3.51. The van der Waals surface area contributed by atoms with Crippen LogP contribution in [0.4, 0.5) is 8.78 Å². The van der Waals surface area contributed by atoms with E-state index in [0.717, 1.165) is 0 Å². The minimum atomic E-state index is -3.84. The molecule has 1 N–H and O–H groups in total. The van der Waals surface area contributed by atoms with E-state index in [0.29, 0.717) is 22.8 Å². The summed E-state index contributed by atoms with van der Waals surface area (Å²) in [5.41, 5.74) is 0. The average molecular weight is 318 g/mol. The lowest BCUT2D eigenvalue weighted by Crippen LogP contribution is -1.81. The first-order chi connectivity index (χ1) is 8.98. The van der Waals surface area contributed by atoms with Gasteiger partial charge in [-0.1, -0.05) is 24.3 Å². The van der Waals surface area contributed by atoms with E-state index < -0.39 is 17.4 Å². The van der Waals surface area contributed by atoms with E-state index >= 15 is 0 Å². The topological polar surface area (TPSA) is 37.3 Å². The summed E-state index contributed by atoms with van der Waals surface area (Å²) in [4.78, 5) is 9.95. The third kappa shape index (κ3) is 4.08. The summed E-state index contributed by atoms with van der Waals surface area (Å²) in [5.74, 6) is -4.98. The van der Waals surface area contributed by atoms with E-state index in [1.54, 1.807) is 12.1 Å². The molecule has 0 aliphatic rings. The molecule has 19 heavy (non-hydrogen) atoms. The molecule has 0 unspecified atom stereocenters. The van der Waals surface area contributed by atoms with Gasteiger partial charge in [-0.05, 0) is 47.0 Å². The highest BCUT2D eigenvalue weighted by molar-refractivity contribution is 8.89. The second kappa shape index (κ2) is 6.09.